The van der Waals surface area contributed by atoms with E-state index in [1.807, 2.05) is 17.5 Å². The van der Waals surface area contributed by atoms with Crippen molar-refractivity contribution in [3.05, 3.63) is 57.9 Å². The van der Waals surface area contributed by atoms with Gasteiger partial charge in [-0.3, -0.25) is 0 Å². The van der Waals surface area contributed by atoms with Crippen LogP contribution in [0.5, 0.6) is 0 Å². The van der Waals surface area contributed by atoms with Crippen LogP contribution in [0.25, 0.3) is 10.9 Å². The number of thiophene rings is 1. The normalized spacial score (nSPS) is 18.2. The Morgan fingerprint density at radius 3 is 3.04 bits per heavy atom. The number of rotatable bonds is 6. The molecule has 0 unspecified atom stereocenters. The first-order chi connectivity index (χ1) is 12.2. The molecule has 3 aromatic rings. The van der Waals surface area contributed by atoms with Gasteiger partial charge in [0, 0.05) is 34.4 Å². The van der Waals surface area contributed by atoms with Crippen molar-refractivity contribution in [1.29, 1.82) is 5.41 Å². The minimum Gasteiger partial charge on any atom is -0.361 e. The summed E-state index contributed by atoms with van der Waals surface area (Å²) in [4.78, 5) is 6.99. The highest BCUT2D eigenvalue weighted by Gasteiger charge is 2.20. The van der Waals surface area contributed by atoms with E-state index in [1.54, 1.807) is 11.3 Å². The van der Waals surface area contributed by atoms with E-state index < -0.39 is 0 Å². The molecule has 130 valence electrons. The molecule has 2 aromatic heterocycles. The average molecular weight is 352 g/mol. The molecule has 0 bridgehead atoms. The van der Waals surface area contributed by atoms with Crippen LogP contribution in [0, 0.1) is 5.41 Å². The van der Waals surface area contributed by atoms with E-state index in [1.165, 1.54) is 47.8 Å². The molecule has 4 heteroatoms. The monoisotopic (exact) mass is 351 g/mol. The Bertz CT molecular complexity index is 863. The lowest BCUT2D eigenvalue weighted by molar-refractivity contribution is 0.297. The number of hydrogen-bond acceptors (Lipinski definition) is 3. The first kappa shape index (κ1) is 16.6. The zero-order chi connectivity index (χ0) is 17.2. The van der Waals surface area contributed by atoms with Gasteiger partial charge in [-0.05, 0) is 74.0 Å². The summed E-state index contributed by atoms with van der Waals surface area (Å²) in [5.41, 5.74) is 4.56. The average Bonchev–Trinajstić information content (AvgIpc) is 3.34. The lowest BCUT2D eigenvalue weighted by Gasteiger charge is -2.18. The molecule has 0 aliphatic carbocycles. The van der Waals surface area contributed by atoms with Gasteiger partial charge >= 0.3 is 0 Å². The summed E-state index contributed by atoms with van der Waals surface area (Å²) >= 11 is 1.65. The Kier molecular flexibility index (Phi) is 4.73. The quantitative estimate of drug-likeness (QED) is 0.612. The van der Waals surface area contributed by atoms with Crippen molar-refractivity contribution < 1.29 is 0 Å². The van der Waals surface area contributed by atoms with Crippen LogP contribution in [-0.4, -0.2) is 35.2 Å². The molecule has 25 heavy (non-hydrogen) atoms. The molecule has 1 aliphatic rings. The van der Waals surface area contributed by atoms with E-state index in [9.17, 15) is 0 Å². The third kappa shape index (κ3) is 3.55. The standard InChI is InChI=1S/C21H25N3S/c1-24-10-2-4-17(24)8-7-16-14-23-20-9-6-15(12-18(16)20)13-19(22)21-5-3-11-25-21/h3,5-6,9,11-12,14,17,22-23H,2,4,7-8,10,13H2,1H3/t17-/m0/s1. The van der Waals surface area contributed by atoms with Crippen molar-refractivity contribution in [2.75, 3.05) is 13.6 Å². The predicted octanol–water partition coefficient (Wildman–Crippen LogP) is 4.87. The van der Waals surface area contributed by atoms with Gasteiger partial charge in [-0.1, -0.05) is 12.1 Å². The largest absolute Gasteiger partial charge is 0.361 e. The minimum atomic E-state index is 0.701. The highest BCUT2D eigenvalue weighted by Crippen LogP contribution is 2.25. The van der Waals surface area contributed by atoms with Gasteiger partial charge in [-0.2, -0.15) is 0 Å². The number of benzene rings is 1. The van der Waals surface area contributed by atoms with Crippen LogP contribution in [0.1, 0.15) is 35.3 Å². The molecule has 0 saturated carbocycles. The van der Waals surface area contributed by atoms with Gasteiger partial charge in [0.05, 0.1) is 5.71 Å². The van der Waals surface area contributed by atoms with E-state index >= 15 is 0 Å². The molecular formula is C21H25N3S. The van der Waals surface area contributed by atoms with Gasteiger partial charge in [0.2, 0.25) is 0 Å². The van der Waals surface area contributed by atoms with Crippen LogP contribution in [0.3, 0.4) is 0 Å². The van der Waals surface area contributed by atoms with Gasteiger partial charge in [0.15, 0.2) is 0 Å². The summed E-state index contributed by atoms with van der Waals surface area (Å²) in [5.74, 6) is 0. The second-order valence-corrected chi connectivity index (χ2v) is 8.09. The topological polar surface area (TPSA) is 42.9 Å². The van der Waals surface area contributed by atoms with Crippen LogP contribution in [0.4, 0.5) is 0 Å². The zero-order valence-corrected chi connectivity index (χ0v) is 15.5. The zero-order valence-electron chi connectivity index (χ0n) is 14.7. The van der Waals surface area contributed by atoms with Crippen molar-refractivity contribution in [2.24, 2.45) is 0 Å². The van der Waals surface area contributed by atoms with E-state index in [4.69, 9.17) is 5.41 Å². The van der Waals surface area contributed by atoms with E-state index in [2.05, 4.69) is 41.3 Å². The highest BCUT2D eigenvalue weighted by atomic mass is 32.1. The third-order valence-electron chi connectivity index (χ3n) is 5.45. The number of aryl methyl sites for hydroxylation is 1. The number of aromatic nitrogens is 1. The van der Waals surface area contributed by atoms with Gasteiger partial charge in [0.1, 0.15) is 0 Å². The van der Waals surface area contributed by atoms with Crippen LogP contribution in [0.15, 0.2) is 41.9 Å². The fourth-order valence-corrected chi connectivity index (χ4v) is 4.63. The smallest absolute Gasteiger partial charge is 0.0529 e. The molecule has 0 spiro atoms. The summed E-state index contributed by atoms with van der Waals surface area (Å²) < 4.78 is 0. The lowest BCUT2D eigenvalue weighted by atomic mass is 10.00. The number of aromatic amines is 1. The maximum Gasteiger partial charge on any atom is 0.0529 e. The number of nitrogens with one attached hydrogen (secondary N) is 2. The molecule has 1 aliphatic heterocycles. The minimum absolute atomic E-state index is 0.701. The van der Waals surface area contributed by atoms with Crippen LogP contribution < -0.4 is 0 Å². The van der Waals surface area contributed by atoms with Gasteiger partial charge in [0.25, 0.3) is 0 Å². The Hall–Kier alpha value is -1.91. The summed E-state index contributed by atoms with van der Waals surface area (Å²) in [6.07, 6.45) is 7.91. The molecule has 3 nitrogen and oxygen atoms in total. The molecule has 0 amide bonds. The fourth-order valence-electron chi connectivity index (χ4n) is 3.95. The van der Waals surface area contributed by atoms with Crippen LogP contribution >= 0.6 is 11.3 Å². The molecule has 1 fully saturated rings. The number of fused-ring (bicyclic) bond motifs is 1. The SMILES string of the molecule is CN1CCC[C@H]1CCc1c[nH]c2ccc(CC(=N)c3cccs3)cc12. The van der Waals surface area contributed by atoms with Crippen molar-refractivity contribution in [3.8, 4) is 0 Å². The fraction of sp³-hybridized carbons (Fsp3) is 0.381. The van der Waals surface area contributed by atoms with E-state index in [0.717, 1.165) is 17.3 Å². The van der Waals surface area contributed by atoms with Crippen molar-refractivity contribution >= 4 is 28.0 Å². The first-order valence-corrected chi connectivity index (χ1v) is 9.99. The summed E-state index contributed by atoms with van der Waals surface area (Å²) in [6, 6.07) is 11.4. The highest BCUT2D eigenvalue weighted by molar-refractivity contribution is 7.12. The summed E-state index contributed by atoms with van der Waals surface area (Å²) in [7, 11) is 2.25. The Balaban J connectivity index is 1.50. The molecule has 2 N–H and O–H groups in total. The van der Waals surface area contributed by atoms with E-state index in [0.29, 0.717) is 12.1 Å². The lowest BCUT2D eigenvalue weighted by Crippen LogP contribution is -2.25. The Labute approximate surface area is 153 Å². The first-order valence-electron chi connectivity index (χ1n) is 9.11. The molecule has 0 radical (unpaired) electrons. The summed E-state index contributed by atoms with van der Waals surface area (Å²) in [5, 5.41) is 11.7. The molecule has 4 rings (SSSR count). The third-order valence-corrected chi connectivity index (χ3v) is 6.38. The van der Waals surface area contributed by atoms with Crippen LogP contribution in [0.2, 0.25) is 0 Å². The number of likely N-dealkylation sites (tertiary alicyclic amines) is 1. The Morgan fingerprint density at radius 2 is 2.28 bits per heavy atom. The second-order valence-electron chi connectivity index (χ2n) is 7.14. The van der Waals surface area contributed by atoms with Crippen LogP contribution in [-0.2, 0) is 12.8 Å². The summed E-state index contributed by atoms with van der Waals surface area (Å²) in [6.45, 7) is 1.24. The van der Waals surface area contributed by atoms with Gasteiger partial charge < -0.3 is 15.3 Å². The molecule has 3 heterocycles. The van der Waals surface area contributed by atoms with Gasteiger partial charge in [-0.15, -0.1) is 11.3 Å². The molecule has 1 saturated heterocycles. The number of hydrogen-bond donors (Lipinski definition) is 2. The number of nitrogens with zero attached hydrogens (tertiary/aromatic N) is 1. The van der Waals surface area contributed by atoms with Crippen molar-refractivity contribution in [3.63, 3.8) is 0 Å². The molecule has 1 aromatic carbocycles. The molecule has 1 atom stereocenters. The molecular weight excluding hydrogens is 326 g/mol. The second kappa shape index (κ2) is 7.14. The Morgan fingerprint density at radius 1 is 1.36 bits per heavy atom. The number of H-pyrrole nitrogens is 1. The predicted molar refractivity (Wildman–Crippen MR) is 107 cm³/mol. The maximum atomic E-state index is 8.32. The van der Waals surface area contributed by atoms with E-state index in [-0.39, 0.29) is 0 Å². The maximum absolute atomic E-state index is 8.32. The van der Waals surface area contributed by atoms with Crippen molar-refractivity contribution in [2.45, 2.75) is 38.1 Å². The van der Waals surface area contributed by atoms with Crippen molar-refractivity contribution in [1.82, 2.24) is 9.88 Å². The van der Waals surface area contributed by atoms with Gasteiger partial charge in [-0.25, -0.2) is 0 Å².